The second-order valence-electron chi connectivity index (χ2n) is 5.09. The Kier molecular flexibility index (Phi) is 4.49. The number of carbonyl (C=O) groups is 2. The molecule has 0 radical (unpaired) electrons. The lowest BCUT2D eigenvalue weighted by molar-refractivity contribution is -0.140. The average molecular weight is 296 g/mol. The number of rotatable bonds is 3. The van der Waals surface area contributed by atoms with E-state index in [2.05, 4.69) is 5.32 Å². The lowest BCUT2D eigenvalue weighted by atomic mass is 9.99. The first-order chi connectivity index (χ1) is 9.47. The molecule has 1 aromatic rings. The number of nitrogen functional groups attached to an aromatic ring is 1. The van der Waals surface area contributed by atoms with Crippen molar-refractivity contribution in [2.45, 2.75) is 19.8 Å². The number of piperidine rings is 1. The summed E-state index contributed by atoms with van der Waals surface area (Å²) in [4.78, 5) is 25.5. The predicted octanol–water partition coefficient (Wildman–Crippen LogP) is 2.12. The zero-order valence-electron chi connectivity index (χ0n) is 11.4. The van der Waals surface area contributed by atoms with Crippen LogP contribution < -0.4 is 11.1 Å². The summed E-state index contributed by atoms with van der Waals surface area (Å²) in [6.07, 6.45) is 1.82. The van der Waals surface area contributed by atoms with Gasteiger partial charge in [0.1, 0.15) is 0 Å². The monoisotopic (exact) mass is 295 g/mol. The Balaban J connectivity index is 1.97. The van der Waals surface area contributed by atoms with Gasteiger partial charge in [-0.3, -0.25) is 9.59 Å². The number of hydrogen-bond donors (Lipinski definition) is 2. The largest absolute Gasteiger partial charge is 0.399 e. The Bertz CT molecular complexity index is 533. The highest BCUT2D eigenvalue weighted by molar-refractivity contribution is 6.34. The second-order valence-corrected chi connectivity index (χ2v) is 5.50. The zero-order chi connectivity index (χ0) is 14.7. The lowest BCUT2D eigenvalue weighted by Gasteiger charge is -2.30. The van der Waals surface area contributed by atoms with Gasteiger partial charge in [-0.2, -0.15) is 0 Å². The normalized spacial score (nSPS) is 19.0. The van der Waals surface area contributed by atoms with Crippen LogP contribution in [-0.4, -0.2) is 29.8 Å². The van der Waals surface area contributed by atoms with E-state index < -0.39 is 0 Å². The molecule has 1 atom stereocenters. The molecule has 3 N–H and O–H groups in total. The minimum atomic E-state index is -0.251. The molecule has 2 rings (SSSR count). The van der Waals surface area contributed by atoms with E-state index in [9.17, 15) is 9.59 Å². The number of likely N-dealkylation sites (tertiary alicyclic amines) is 1. The van der Waals surface area contributed by atoms with E-state index >= 15 is 0 Å². The van der Waals surface area contributed by atoms with Crippen molar-refractivity contribution in [3.8, 4) is 0 Å². The number of anilines is 2. The molecule has 2 amide bonds. The highest BCUT2D eigenvalue weighted by Gasteiger charge is 2.26. The highest BCUT2D eigenvalue weighted by atomic mass is 35.5. The molecule has 108 valence electrons. The van der Waals surface area contributed by atoms with E-state index in [0.717, 1.165) is 12.8 Å². The van der Waals surface area contributed by atoms with Crippen molar-refractivity contribution in [2.75, 3.05) is 24.1 Å². The van der Waals surface area contributed by atoms with E-state index in [1.54, 1.807) is 23.1 Å². The van der Waals surface area contributed by atoms with Gasteiger partial charge >= 0.3 is 0 Å². The van der Waals surface area contributed by atoms with Gasteiger partial charge in [-0.05, 0) is 31.0 Å². The molecule has 0 spiro atoms. The number of carbonyl (C=O) groups excluding carboxylic acids is 2. The van der Waals surface area contributed by atoms with Crippen molar-refractivity contribution in [2.24, 2.45) is 5.92 Å². The van der Waals surface area contributed by atoms with Gasteiger partial charge in [0.05, 0.1) is 17.3 Å². The van der Waals surface area contributed by atoms with Gasteiger partial charge < -0.3 is 16.0 Å². The van der Waals surface area contributed by atoms with Crippen LogP contribution in [0.3, 0.4) is 0 Å². The summed E-state index contributed by atoms with van der Waals surface area (Å²) in [5.41, 5.74) is 6.63. The Morgan fingerprint density at radius 1 is 1.55 bits per heavy atom. The van der Waals surface area contributed by atoms with Crippen LogP contribution in [-0.2, 0) is 9.59 Å². The first kappa shape index (κ1) is 14.7. The van der Waals surface area contributed by atoms with Crippen molar-refractivity contribution in [3.63, 3.8) is 0 Å². The maximum absolute atomic E-state index is 12.0. The van der Waals surface area contributed by atoms with E-state index in [0.29, 0.717) is 22.9 Å². The SMILES string of the molecule is CC1CCCN(CC(=O)Nc2ccc(N)cc2Cl)C1=O. The molecular weight excluding hydrogens is 278 g/mol. The number of nitrogens with two attached hydrogens (primary N) is 1. The maximum Gasteiger partial charge on any atom is 0.244 e. The fourth-order valence-corrected chi connectivity index (χ4v) is 2.52. The molecule has 0 aromatic heterocycles. The predicted molar refractivity (Wildman–Crippen MR) is 79.5 cm³/mol. The van der Waals surface area contributed by atoms with E-state index in [4.69, 9.17) is 17.3 Å². The Morgan fingerprint density at radius 3 is 3.00 bits per heavy atom. The molecule has 1 saturated heterocycles. The molecule has 1 aromatic carbocycles. The van der Waals surface area contributed by atoms with Crippen LogP contribution in [0.5, 0.6) is 0 Å². The summed E-state index contributed by atoms with van der Waals surface area (Å²) in [5, 5.41) is 3.09. The Morgan fingerprint density at radius 2 is 2.30 bits per heavy atom. The molecular formula is C14H18ClN3O2. The molecule has 20 heavy (non-hydrogen) atoms. The van der Waals surface area contributed by atoms with E-state index in [1.807, 2.05) is 6.92 Å². The first-order valence-corrected chi connectivity index (χ1v) is 6.99. The number of nitrogens with one attached hydrogen (secondary N) is 1. The first-order valence-electron chi connectivity index (χ1n) is 6.61. The third-order valence-electron chi connectivity index (χ3n) is 3.40. The molecule has 6 heteroatoms. The van der Waals surface area contributed by atoms with Crippen LogP contribution in [0.1, 0.15) is 19.8 Å². The average Bonchev–Trinajstić information content (AvgIpc) is 2.38. The number of nitrogens with zero attached hydrogens (tertiary/aromatic N) is 1. The number of benzene rings is 1. The van der Waals surface area contributed by atoms with Crippen molar-refractivity contribution < 1.29 is 9.59 Å². The molecule has 1 unspecified atom stereocenters. The van der Waals surface area contributed by atoms with Gasteiger partial charge in [0.15, 0.2) is 0 Å². The Hall–Kier alpha value is -1.75. The zero-order valence-corrected chi connectivity index (χ0v) is 12.1. The minimum absolute atomic E-state index is 0.00309. The summed E-state index contributed by atoms with van der Waals surface area (Å²) in [7, 11) is 0. The van der Waals surface area contributed by atoms with Gasteiger partial charge in [-0.15, -0.1) is 0 Å². The van der Waals surface area contributed by atoms with E-state index in [1.165, 1.54) is 0 Å². The highest BCUT2D eigenvalue weighted by Crippen LogP contribution is 2.24. The molecule has 0 saturated carbocycles. The summed E-state index contributed by atoms with van der Waals surface area (Å²) < 4.78 is 0. The van der Waals surface area contributed by atoms with Gasteiger partial charge in [0.2, 0.25) is 11.8 Å². The maximum atomic E-state index is 12.0. The smallest absolute Gasteiger partial charge is 0.244 e. The van der Waals surface area contributed by atoms with Crippen LogP contribution in [0, 0.1) is 5.92 Å². The number of amides is 2. The van der Waals surface area contributed by atoms with Gasteiger partial charge in [0, 0.05) is 18.2 Å². The van der Waals surface area contributed by atoms with E-state index in [-0.39, 0.29) is 24.3 Å². The molecule has 1 aliphatic rings. The third kappa shape index (κ3) is 3.42. The molecule has 0 aliphatic carbocycles. The quantitative estimate of drug-likeness (QED) is 0.839. The fourth-order valence-electron chi connectivity index (χ4n) is 2.29. The summed E-state index contributed by atoms with van der Waals surface area (Å²) in [5.74, 6) is -0.217. The van der Waals surface area contributed by atoms with Crippen LogP contribution in [0.15, 0.2) is 18.2 Å². The molecule has 1 aliphatic heterocycles. The van der Waals surface area contributed by atoms with Gasteiger partial charge in [-0.25, -0.2) is 0 Å². The van der Waals surface area contributed by atoms with Gasteiger partial charge in [-0.1, -0.05) is 18.5 Å². The second kappa shape index (κ2) is 6.13. The van der Waals surface area contributed by atoms with Crippen LogP contribution in [0.2, 0.25) is 5.02 Å². The minimum Gasteiger partial charge on any atom is -0.399 e. The fraction of sp³-hybridized carbons (Fsp3) is 0.429. The van der Waals surface area contributed by atoms with Crippen molar-refractivity contribution in [1.29, 1.82) is 0 Å². The summed E-state index contributed by atoms with van der Waals surface area (Å²) in [6.45, 7) is 2.58. The third-order valence-corrected chi connectivity index (χ3v) is 3.71. The number of halogens is 1. The molecule has 0 bridgehead atoms. The molecule has 5 nitrogen and oxygen atoms in total. The standard InChI is InChI=1S/C14H18ClN3O2/c1-9-3-2-6-18(14(9)20)8-13(19)17-12-5-4-10(16)7-11(12)15/h4-5,7,9H,2-3,6,8,16H2,1H3,(H,17,19). The molecule has 1 fully saturated rings. The Labute approximate surface area is 123 Å². The van der Waals surface area contributed by atoms with Crippen molar-refractivity contribution >= 4 is 34.8 Å². The van der Waals surface area contributed by atoms with Gasteiger partial charge in [0.25, 0.3) is 0 Å². The van der Waals surface area contributed by atoms with Crippen LogP contribution in [0.25, 0.3) is 0 Å². The van der Waals surface area contributed by atoms with Crippen molar-refractivity contribution in [3.05, 3.63) is 23.2 Å². The van der Waals surface area contributed by atoms with Crippen molar-refractivity contribution in [1.82, 2.24) is 4.90 Å². The number of hydrogen-bond acceptors (Lipinski definition) is 3. The summed E-state index contributed by atoms with van der Waals surface area (Å²) >= 11 is 5.99. The summed E-state index contributed by atoms with van der Waals surface area (Å²) in [6, 6.07) is 4.89. The lowest BCUT2D eigenvalue weighted by Crippen LogP contribution is -2.44. The molecule has 1 heterocycles. The van der Waals surface area contributed by atoms with Crippen LogP contribution in [0.4, 0.5) is 11.4 Å². The topological polar surface area (TPSA) is 75.4 Å². The van der Waals surface area contributed by atoms with Crippen LogP contribution >= 0.6 is 11.6 Å².